The van der Waals surface area contributed by atoms with E-state index in [4.69, 9.17) is 5.84 Å². The van der Waals surface area contributed by atoms with Crippen molar-refractivity contribution in [3.63, 3.8) is 0 Å². The molecule has 0 radical (unpaired) electrons. The van der Waals surface area contributed by atoms with Gasteiger partial charge in [-0.25, -0.2) is 0 Å². The molecular formula is C15H26N2S. The van der Waals surface area contributed by atoms with Crippen LogP contribution in [0, 0.1) is 12.8 Å². The topological polar surface area (TPSA) is 38.0 Å². The Morgan fingerprint density at radius 3 is 2.56 bits per heavy atom. The first-order chi connectivity index (χ1) is 8.63. The molecule has 1 atom stereocenters. The van der Waals surface area contributed by atoms with Crippen LogP contribution in [0.4, 0.5) is 0 Å². The molecule has 18 heavy (non-hydrogen) atoms. The summed E-state index contributed by atoms with van der Waals surface area (Å²) in [5.74, 6) is 7.45. The Balaban J connectivity index is 2.33. The van der Waals surface area contributed by atoms with Gasteiger partial charge in [-0.15, -0.1) is 11.8 Å². The molecule has 0 spiro atoms. The van der Waals surface area contributed by atoms with E-state index in [2.05, 4.69) is 50.5 Å². The van der Waals surface area contributed by atoms with Crippen molar-refractivity contribution in [1.29, 1.82) is 0 Å². The van der Waals surface area contributed by atoms with Crippen molar-refractivity contribution >= 4 is 11.8 Å². The van der Waals surface area contributed by atoms with E-state index in [0.29, 0.717) is 6.04 Å². The highest BCUT2D eigenvalue weighted by Crippen LogP contribution is 2.23. The van der Waals surface area contributed by atoms with E-state index >= 15 is 0 Å². The van der Waals surface area contributed by atoms with E-state index < -0.39 is 0 Å². The molecule has 0 fully saturated rings. The number of nitrogens with two attached hydrogens (primary N) is 1. The summed E-state index contributed by atoms with van der Waals surface area (Å²) in [5, 5.41) is 0. The Labute approximate surface area is 116 Å². The van der Waals surface area contributed by atoms with Crippen molar-refractivity contribution < 1.29 is 0 Å². The number of hydrogen-bond donors (Lipinski definition) is 2. The van der Waals surface area contributed by atoms with Gasteiger partial charge < -0.3 is 0 Å². The van der Waals surface area contributed by atoms with E-state index in [9.17, 15) is 0 Å². The molecule has 0 aliphatic rings. The van der Waals surface area contributed by atoms with Gasteiger partial charge in [-0.05, 0) is 30.9 Å². The van der Waals surface area contributed by atoms with Crippen LogP contribution in [0.2, 0.25) is 0 Å². The Morgan fingerprint density at radius 2 is 1.94 bits per heavy atom. The summed E-state index contributed by atoms with van der Waals surface area (Å²) in [6.07, 6.45) is 3.70. The molecule has 0 aliphatic carbocycles. The third kappa shape index (κ3) is 5.89. The number of hydrazine groups is 1. The van der Waals surface area contributed by atoms with Crippen molar-refractivity contribution in [3.8, 4) is 0 Å². The van der Waals surface area contributed by atoms with Crippen LogP contribution in [-0.2, 0) is 0 Å². The Kier molecular flexibility index (Phi) is 7.40. The quantitative estimate of drug-likeness (QED) is 0.427. The van der Waals surface area contributed by atoms with Crippen molar-refractivity contribution in [2.75, 3.05) is 5.75 Å². The second-order valence-electron chi connectivity index (χ2n) is 5.26. The second kappa shape index (κ2) is 8.57. The number of thioether (sulfide) groups is 1. The van der Waals surface area contributed by atoms with E-state index in [0.717, 1.165) is 18.1 Å². The summed E-state index contributed by atoms with van der Waals surface area (Å²) in [6.45, 7) is 6.70. The molecule has 0 aliphatic heterocycles. The lowest BCUT2D eigenvalue weighted by Crippen LogP contribution is -2.37. The molecule has 0 heterocycles. The molecule has 0 amide bonds. The molecular weight excluding hydrogens is 240 g/mol. The molecule has 3 heteroatoms. The molecule has 0 saturated carbocycles. The molecule has 102 valence electrons. The maximum absolute atomic E-state index is 5.63. The van der Waals surface area contributed by atoms with E-state index in [1.807, 2.05) is 11.8 Å². The van der Waals surface area contributed by atoms with Gasteiger partial charge >= 0.3 is 0 Å². The van der Waals surface area contributed by atoms with Crippen molar-refractivity contribution in [1.82, 2.24) is 5.43 Å². The SMILES string of the molecule is Cc1ccccc1SCC(CCCC(C)C)NN. The standard InChI is InChI=1S/C15H26N2S/c1-12(2)7-6-9-14(17-16)11-18-15-10-5-4-8-13(15)3/h4-5,8,10,12,14,17H,6-7,9,11,16H2,1-3H3. The monoisotopic (exact) mass is 266 g/mol. The van der Waals surface area contributed by atoms with Crippen LogP contribution in [-0.4, -0.2) is 11.8 Å². The van der Waals surface area contributed by atoms with Gasteiger partial charge in [-0.2, -0.15) is 0 Å². The smallest absolute Gasteiger partial charge is 0.0304 e. The Hall–Kier alpha value is -0.510. The Morgan fingerprint density at radius 1 is 1.22 bits per heavy atom. The van der Waals surface area contributed by atoms with Crippen LogP contribution < -0.4 is 11.3 Å². The first kappa shape index (κ1) is 15.5. The van der Waals surface area contributed by atoms with Crippen LogP contribution in [0.25, 0.3) is 0 Å². The van der Waals surface area contributed by atoms with Gasteiger partial charge in [0.1, 0.15) is 0 Å². The Bertz CT molecular complexity index is 339. The third-order valence-electron chi connectivity index (χ3n) is 3.10. The summed E-state index contributed by atoms with van der Waals surface area (Å²) in [5.41, 5.74) is 4.29. The fourth-order valence-corrected chi connectivity index (χ4v) is 3.01. The van der Waals surface area contributed by atoms with Gasteiger partial charge in [0, 0.05) is 16.7 Å². The third-order valence-corrected chi connectivity index (χ3v) is 4.44. The summed E-state index contributed by atoms with van der Waals surface area (Å²) >= 11 is 1.90. The maximum atomic E-state index is 5.63. The van der Waals surface area contributed by atoms with Crippen molar-refractivity contribution in [2.24, 2.45) is 11.8 Å². The van der Waals surface area contributed by atoms with Crippen LogP contribution in [0.3, 0.4) is 0 Å². The van der Waals surface area contributed by atoms with E-state index in [-0.39, 0.29) is 0 Å². The number of nitrogens with one attached hydrogen (secondary N) is 1. The predicted molar refractivity (Wildman–Crippen MR) is 81.7 cm³/mol. The molecule has 2 nitrogen and oxygen atoms in total. The minimum absolute atomic E-state index is 0.411. The molecule has 0 saturated heterocycles. The summed E-state index contributed by atoms with van der Waals surface area (Å²) in [4.78, 5) is 1.36. The molecule has 1 unspecified atom stereocenters. The molecule has 0 aromatic heterocycles. The van der Waals surface area contributed by atoms with Gasteiger partial charge in [0.15, 0.2) is 0 Å². The van der Waals surface area contributed by atoms with Crippen LogP contribution in [0.5, 0.6) is 0 Å². The fraction of sp³-hybridized carbons (Fsp3) is 0.600. The zero-order chi connectivity index (χ0) is 13.4. The van der Waals surface area contributed by atoms with Gasteiger partial charge in [-0.3, -0.25) is 11.3 Å². The van der Waals surface area contributed by atoms with Gasteiger partial charge in [0.25, 0.3) is 0 Å². The minimum Gasteiger partial charge on any atom is -0.271 e. The number of hydrogen-bond acceptors (Lipinski definition) is 3. The van der Waals surface area contributed by atoms with Crippen LogP contribution >= 0.6 is 11.8 Å². The largest absolute Gasteiger partial charge is 0.271 e. The highest BCUT2D eigenvalue weighted by atomic mass is 32.2. The second-order valence-corrected chi connectivity index (χ2v) is 6.33. The highest BCUT2D eigenvalue weighted by molar-refractivity contribution is 7.99. The number of rotatable bonds is 8. The predicted octanol–water partition coefficient (Wildman–Crippen LogP) is 3.75. The van der Waals surface area contributed by atoms with Crippen LogP contribution in [0.1, 0.15) is 38.7 Å². The average molecular weight is 266 g/mol. The van der Waals surface area contributed by atoms with Gasteiger partial charge in [0.2, 0.25) is 0 Å². The number of benzene rings is 1. The molecule has 3 N–H and O–H groups in total. The highest BCUT2D eigenvalue weighted by Gasteiger charge is 2.08. The van der Waals surface area contributed by atoms with Crippen LogP contribution in [0.15, 0.2) is 29.2 Å². The lowest BCUT2D eigenvalue weighted by Gasteiger charge is -2.16. The first-order valence-electron chi connectivity index (χ1n) is 6.78. The molecule has 1 rings (SSSR count). The minimum atomic E-state index is 0.411. The van der Waals surface area contributed by atoms with E-state index in [1.54, 1.807) is 0 Å². The maximum Gasteiger partial charge on any atom is 0.0304 e. The average Bonchev–Trinajstić information content (AvgIpc) is 2.35. The summed E-state index contributed by atoms with van der Waals surface area (Å²) in [7, 11) is 0. The molecule has 0 bridgehead atoms. The first-order valence-corrected chi connectivity index (χ1v) is 7.76. The summed E-state index contributed by atoms with van der Waals surface area (Å²) in [6, 6.07) is 8.93. The number of aryl methyl sites for hydroxylation is 1. The van der Waals surface area contributed by atoms with E-state index in [1.165, 1.54) is 23.3 Å². The molecule has 1 aromatic rings. The van der Waals surface area contributed by atoms with Crippen molar-refractivity contribution in [3.05, 3.63) is 29.8 Å². The zero-order valence-electron chi connectivity index (χ0n) is 11.8. The lowest BCUT2D eigenvalue weighted by molar-refractivity contribution is 0.469. The summed E-state index contributed by atoms with van der Waals surface area (Å²) < 4.78 is 0. The van der Waals surface area contributed by atoms with Gasteiger partial charge in [0.05, 0.1) is 0 Å². The lowest BCUT2D eigenvalue weighted by atomic mass is 10.0. The van der Waals surface area contributed by atoms with Gasteiger partial charge in [-0.1, -0.05) is 44.9 Å². The zero-order valence-corrected chi connectivity index (χ0v) is 12.6. The molecule has 1 aromatic carbocycles. The normalized spacial score (nSPS) is 12.9. The fourth-order valence-electron chi connectivity index (χ4n) is 1.90. The van der Waals surface area contributed by atoms with Crippen molar-refractivity contribution in [2.45, 2.75) is 51.0 Å².